The van der Waals surface area contributed by atoms with E-state index >= 15 is 0 Å². The second-order valence-corrected chi connectivity index (χ2v) is 8.31. The number of hydrogen-bond donors (Lipinski definition) is 1. The number of aliphatic hydroxyl groups is 1. The van der Waals surface area contributed by atoms with Crippen molar-refractivity contribution in [1.82, 2.24) is 0 Å². The molecule has 1 aliphatic rings. The number of halogens is 3. The molecular formula is C19H20Cl2FO2SY-. The minimum Gasteiger partial charge on any atom is -0.493 e. The Morgan fingerprint density at radius 2 is 1.96 bits per heavy atom. The van der Waals surface area contributed by atoms with Crippen LogP contribution in [0, 0.1) is 17.2 Å². The SMILES string of the molecule is O[C@@H]1C[C@@H](F)[C@H](CCCc2cc[c-]s2)[C@H]1COc1cc(Cl)cc(Cl)c1.[Y]. The third kappa shape index (κ3) is 6.15. The van der Waals surface area contributed by atoms with Gasteiger partial charge in [-0.25, -0.2) is 10.5 Å². The van der Waals surface area contributed by atoms with E-state index in [1.807, 2.05) is 12.1 Å². The Morgan fingerprint density at radius 1 is 1.23 bits per heavy atom. The van der Waals surface area contributed by atoms with Gasteiger partial charge in [-0.15, -0.1) is 10.3 Å². The average Bonchev–Trinajstić information content (AvgIpc) is 3.14. The molecule has 1 aromatic carbocycles. The fourth-order valence-corrected chi connectivity index (χ4v) is 4.66. The summed E-state index contributed by atoms with van der Waals surface area (Å²) in [5, 5.41) is 14.3. The van der Waals surface area contributed by atoms with Crippen LogP contribution < -0.4 is 4.74 Å². The molecule has 0 spiro atoms. The largest absolute Gasteiger partial charge is 0.493 e. The molecule has 1 aliphatic carbocycles. The number of thiophene rings is 1. The standard InChI is InChI=1S/C19H20Cl2FO2S.Y/c20-12-7-13(21)9-14(8-12)24-11-17-16(18(22)10-19(17)23)5-1-3-15-4-2-6-25-15;/h2,4,7-9,16-19,23H,1,3,5,10-11H2;/q-1;/t16-,17-,18-,19-;/m1./s1. The van der Waals surface area contributed by atoms with Crippen molar-refractivity contribution < 1.29 is 46.9 Å². The maximum Gasteiger partial charge on any atom is 0.122 e. The van der Waals surface area contributed by atoms with Gasteiger partial charge in [0.2, 0.25) is 0 Å². The molecule has 1 N–H and O–H groups in total. The van der Waals surface area contributed by atoms with Crippen molar-refractivity contribution in [3.05, 3.63) is 50.6 Å². The van der Waals surface area contributed by atoms with E-state index in [2.05, 4.69) is 5.38 Å². The summed E-state index contributed by atoms with van der Waals surface area (Å²) in [6.45, 7) is 0.260. The molecule has 0 aliphatic heterocycles. The number of alkyl halides is 1. The van der Waals surface area contributed by atoms with Crippen LogP contribution in [0.5, 0.6) is 5.75 Å². The van der Waals surface area contributed by atoms with Crippen molar-refractivity contribution in [2.45, 2.75) is 38.0 Å². The summed E-state index contributed by atoms with van der Waals surface area (Å²) in [5.74, 6) is 0.135. The average molecular weight is 491 g/mol. The van der Waals surface area contributed by atoms with E-state index < -0.39 is 12.3 Å². The van der Waals surface area contributed by atoms with Crippen molar-refractivity contribution in [2.24, 2.45) is 11.8 Å². The van der Waals surface area contributed by atoms with E-state index in [0.29, 0.717) is 15.8 Å². The number of rotatable bonds is 7. The topological polar surface area (TPSA) is 29.5 Å². The van der Waals surface area contributed by atoms with E-state index in [0.717, 1.165) is 19.3 Å². The van der Waals surface area contributed by atoms with Crippen molar-refractivity contribution >= 4 is 34.5 Å². The smallest absolute Gasteiger partial charge is 0.122 e. The van der Waals surface area contributed by atoms with Gasteiger partial charge in [-0.05, 0) is 30.5 Å². The van der Waals surface area contributed by atoms with Crippen molar-refractivity contribution in [2.75, 3.05) is 6.61 Å². The van der Waals surface area contributed by atoms with Crippen molar-refractivity contribution in [3.63, 3.8) is 0 Å². The maximum absolute atomic E-state index is 14.3. The maximum atomic E-state index is 14.3. The molecule has 139 valence electrons. The van der Waals surface area contributed by atoms with Gasteiger partial charge in [-0.1, -0.05) is 36.0 Å². The van der Waals surface area contributed by atoms with E-state index in [4.69, 9.17) is 27.9 Å². The predicted molar refractivity (Wildman–Crippen MR) is 101 cm³/mol. The van der Waals surface area contributed by atoms with E-state index in [1.165, 1.54) is 4.88 Å². The van der Waals surface area contributed by atoms with E-state index in [1.54, 1.807) is 29.5 Å². The van der Waals surface area contributed by atoms with Gasteiger partial charge in [0.1, 0.15) is 11.9 Å². The summed E-state index contributed by atoms with van der Waals surface area (Å²) >= 11 is 13.5. The van der Waals surface area contributed by atoms with Crippen LogP contribution in [0.3, 0.4) is 0 Å². The van der Waals surface area contributed by atoms with Gasteiger partial charge in [0, 0.05) is 55.1 Å². The molecule has 7 heteroatoms. The molecular weight excluding hydrogens is 471 g/mol. The van der Waals surface area contributed by atoms with Gasteiger partial charge in [0.15, 0.2) is 0 Å². The van der Waals surface area contributed by atoms with Gasteiger partial charge in [-0.3, -0.25) is 0 Å². The number of aryl methyl sites for hydroxylation is 1. The third-order valence-electron chi connectivity index (χ3n) is 4.74. The Kier molecular flexibility index (Phi) is 9.32. The molecule has 26 heavy (non-hydrogen) atoms. The molecule has 0 bridgehead atoms. The molecule has 1 fully saturated rings. The second-order valence-electron chi connectivity index (χ2n) is 6.47. The van der Waals surface area contributed by atoms with Crippen LogP contribution in [0.2, 0.25) is 10.0 Å². The van der Waals surface area contributed by atoms with Gasteiger partial charge < -0.3 is 21.2 Å². The Balaban J connectivity index is 0.00000243. The minimum absolute atomic E-state index is 0. The molecule has 0 saturated heterocycles. The van der Waals surface area contributed by atoms with Crippen molar-refractivity contribution in [3.8, 4) is 5.75 Å². The van der Waals surface area contributed by atoms with Crippen LogP contribution in [-0.4, -0.2) is 24.0 Å². The first kappa shape index (κ1) is 22.6. The minimum atomic E-state index is -0.985. The monoisotopic (exact) mass is 490 g/mol. The molecule has 0 unspecified atom stereocenters. The summed E-state index contributed by atoms with van der Waals surface area (Å²) in [5.41, 5.74) is 0. The molecule has 1 saturated carbocycles. The van der Waals surface area contributed by atoms with Crippen LogP contribution >= 0.6 is 34.5 Å². The van der Waals surface area contributed by atoms with Crippen LogP contribution in [0.15, 0.2) is 30.3 Å². The summed E-state index contributed by atoms with van der Waals surface area (Å²) in [6, 6.07) is 8.92. The zero-order chi connectivity index (χ0) is 17.8. The third-order valence-corrected chi connectivity index (χ3v) is 6.03. The zero-order valence-electron chi connectivity index (χ0n) is 14.2. The van der Waals surface area contributed by atoms with Crippen LogP contribution in [0.1, 0.15) is 24.1 Å². The molecule has 2 nitrogen and oxygen atoms in total. The molecule has 1 aromatic heterocycles. The molecule has 0 amide bonds. The van der Waals surface area contributed by atoms with Gasteiger partial charge in [-0.2, -0.15) is 6.07 Å². The summed E-state index contributed by atoms with van der Waals surface area (Å²) in [4.78, 5) is 1.26. The van der Waals surface area contributed by atoms with E-state index in [9.17, 15) is 9.50 Å². The normalized spacial score (nSPS) is 25.1. The first-order valence-electron chi connectivity index (χ1n) is 8.38. The fourth-order valence-electron chi connectivity index (χ4n) is 3.48. The number of hydrogen-bond acceptors (Lipinski definition) is 3. The molecule has 3 rings (SSSR count). The first-order chi connectivity index (χ1) is 12.0. The van der Waals surface area contributed by atoms with Crippen molar-refractivity contribution in [1.29, 1.82) is 0 Å². The van der Waals surface area contributed by atoms with E-state index in [-0.39, 0.29) is 57.6 Å². The Hall–Kier alpha value is 0.294. The zero-order valence-corrected chi connectivity index (χ0v) is 19.4. The Morgan fingerprint density at radius 3 is 2.62 bits per heavy atom. The van der Waals surface area contributed by atoms with Crippen LogP contribution in [-0.2, 0) is 39.1 Å². The summed E-state index contributed by atoms with van der Waals surface area (Å²) < 4.78 is 20.1. The number of ether oxygens (including phenoxy) is 1. The molecule has 2 aromatic rings. The number of benzene rings is 1. The molecule has 4 atom stereocenters. The van der Waals surface area contributed by atoms with Gasteiger partial charge in [0.25, 0.3) is 0 Å². The Labute approximate surface area is 192 Å². The summed E-state index contributed by atoms with van der Waals surface area (Å²) in [7, 11) is 0. The first-order valence-corrected chi connectivity index (χ1v) is 9.96. The van der Waals surface area contributed by atoms with Crippen LogP contribution in [0.4, 0.5) is 4.39 Å². The predicted octanol–water partition coefficient (Wildman–Crippen LogP) is 5.59. The molecule has 1 heterocycles. The van der Waals surface area contributed by atoms with Crippen LogP contribution in [0.25, 0.3) is 0 Å². The second kappa shape index (κ2) is 10.7. The van der Waals surface area contributed by atoms with Gasteiger partial charge in [0.05, 0.1) is 12.7 Å². The summed E-state index contributed by atoms with van der Waals surface area (Å²) in [6.07, 6.45) is 1.07. The Bertz CT molecular complexity index is 666. The quantitative estimate of drug-likeness (QED) is 0.512. The van der Waals surface area contributed by atoms with Gasteiger partial charge >= 0.3 is 0 Å². The molecule has 1 radical (unpaired) electrons. The number of aliphatic hydroxyl groups excluding tert-OH is 1. The fraction of sp³-hybridized carbons (Fsp3) is 0.474.